The van der Waals surface area contributed by atoms with Crippen LogP contribution in [0.3, 0.4) is 0 Å². The van der Waals surface area contributed by atoms with Crippen molar-refractivity contribution in [3.63, 3.8) is 0 Å². The Kier molecular flexibility index (Phi) is 8.28. The van der Waals surface area contributed by atoms with Crippen LogP contribution in [0.5, 0.6) is 5.75 Å². The topological polar surface area (TPSA) is 26.3 Å². The van der Waals surface area contributed by atoms with E-state index in [2.05, 4.69) is 29.8 Å². The Morgan fingerprint density at radius 3 is 2.55 bits per heavy atom. The summed E-state index contributed by atoms with van der Waals surface area (Å²) in [4.78, 5) is 12.0. The fourth-order valence-corrected chi connectivity index (χ4v) is 2.09. The molecule has 0 unspecified atom stereocenters. The maximum absolute atomic E-state index is 12.0. The Morgan fingerprint density at radius 2 is 1.95 bits per heavy atom. The number of alkyl halides is 1. The number of carbonyl (C=O) groups is 1. The zero-order valence-electron chi connectivity index (χ0n) is 12.3. The minimum absolute atomic E-state index is 0.219. The standard InChI is InChI=1S/C17H23BrO2/c1-14(2)6-5-7-17(19)15-8-10-16(11-9-15)20-13-4-3-12-18/h3-4,8-11,14H,5-7,12-13H2,1-2H3/b4-3+. The molecule has 0 radical (unpaired) electrons. The quantitative estimate of drug-likeness (QED) is 0.358. The van der Waals surface area contributed by atoms with Gasteiger partial charge >= 0.3 is 0 Å². The molecule has 1 aromatic carbocycles. The number of ketones is 1. The third-order valence-corrected chi connectivity index (χ3v) is 3.34. The molecule has 3 heteroatoms. The zero-order valence-corrected chi connectivity index (χ0v) is 13.9. The third kappa shape index (κ3) is 6.90. The van der Waals surface area contributed by atoms with E-state index >= 15 is 0 Å². The first-order valence-electron chi connectivity index (χ1n) is 7.10. The molecule has 0 atom stereocenters. The van der Waals surface area contributed by atoms with Crippen molar-refractivity contribution in [2.75, 3.05) is 11.9 Å². The van der Waals surface area contributed by atoms with Gasteiger partial charge < -0.3 is 4.74 Å². The van der Waals surface area contributed by atoms with E-state index < -0.39 is 0 Å². The second-order valence-corrected chi connectivity index (χ2v) is 5.82. The van der Waals surface area contributed by atoms with Crippen molar-refractivity contribution in [3.8, 4) is 5.75 Å². The highest BCUT2D eigenvalue weighted by Crippen LogP contribution is 2.15. The van der Waals surface area contributed by atoms with Crippen LogP contribution in [-0.2, 0) is 0 Å². The maximum atomic E-state index is 12.0. The van der Waals surface area contributed by atoms with Gasteiger partial charge in [0, 0.05) is 17.3 Å². The Hall–Kier alpha value is -1.09. The molecule has 0 bridgehead atoms. The first-order chi connectivity index (χ1) is 9.63. The van der Waals surface area contributed by atoms with E-state index in [1.807, 2.05) is 36.4 Å². The van der Waals surface area contributed by atoms with E-state index in [0.29, 0.717) is 18.9 Å². The minimum Gasteiger partial charge on any atom is -0.490 e. The molecule has 20 heavy (non-hydrogen) atoms. The van der Waals surface area contributed by atoms with Crippen molar-refractivity contribution < 1.29 is 9.53 Å². The lowest BCUT2D eigenvalue weighted by molar-refractivity contribution is 0.0978. The number of rotatable bonds is 9. The van der Waals surface area contributed by atoms with Crippen molar-refractivity contribution in [3.05, 3.63) is 42.0 Å². The number of halogens is 1. The monoisotopic (exact) mass is 338 g/mol. The molecule has 0 fully saturated rings. The number of benzene rings is 1. The molecule has 110 valence electrons. The van der Waals surface area contributed by atoms with E-state index in [1.54, 1.807) is 0 Å². The number of carbonyl (C=O) groups excluding carboxylic acids is 1. The van der Waals surface area contributed by atoms with Gasteiger partial charge in [-0.05, 0) is 36.6 Å². The van der Waals surface area contributed by atoms with E-state index in [0.717, 1.165) is 29.5 Å². The largest absolute Gasteiger partial charge is 0.490 e. The fourth-order valence-electron chi connectivity index (χ4n) is 1.83. The lowest BCUT2D eigenvalue weighted by atomic mass is 10.0. The molecular formula is C17H23BrO2. The van der Waals surface area contributed by atoms with Crippen LogP contribution in [0, 0.1) is 5.92 Å². The smallest absolute Gasteiger partial charge is 0.162 e. The van der Waals surface area contributed by atoms with Crippen molar-refractivity contribution >= 4 is 21.7 Å². The Balaban J connectivity index is 2.41. The predicted molar refractivity (Wildman–Crippen MR) is 87.9 cm³/mol. The van der Waals surface area contributed by atoms with E-state index in [4.69, 9.17) is 4.74 Å². The van der Waals surface area contributed by atoms with E-state index in [1.165, 1.54) is 0 Å². The highest BCUT2D eigenvalue weighted by molar-refractivity contribution is 9.09. The van der Waals surface area contributed by atoms with Gasteiger partial charge in [-0.1, -0.05) is 48.4 Å². The summed E-state index contributed by atoms with van der Waals surface area (Å²) in [5, 5.41) is 0.834. The number of Topliss-reactive ketones (excluding diaryl/α,β-unsaturated/α-hetero) is 1. The van der Waals surface area contributed by atoms with Gasteiger partial charge in [0.1, 0.15) is 12.4 Å². The van der Waals surface area contributed by atoms with Crippen molar-refractivity contribution in [1.29, 1.82) is 0 Å². The normalized spacial score (nSPS) is 11.2. The summed E-state index contributed by atoms with van der Waals surface area (Å²) in [6.45, 7) is 4.91. The van der Waals surface area contributed by atoms with Gasteiger partial charge in [0.2, 0.25) is 0 Å². The van der Waals surface area contributed by atoms with Crippen LogP contribution in [0.4, 0.5) is 0 Å². The molecular weight excluding hydrogens is 316 g/mol. The number of hydrogen-bond acceptors (Lipinski definition) is 2. The summed E-state index contributed by atoms with van der Waals surface area (Å²) in [6, 6.07) is 7.41. The van der Waals surface area contributed by atoms with E-state index in [9.17, 15) is 4.79 Å². The lowest BCUT2D eigenvalue weighted by Crippen LogP contribution is -2.00. The first kappa shape index (κ1) is 17.0. The van der Waals surface area contributed by atoms with Crippen LogP contribution in [0.1, 0.15) is 43.5 Å². The Bertz CT molecular complexity index is 421. The predicted octanol–water partition coefficient (Wildman–Crippen LogP) is 5.03. The molecule has 0 aliphatic carbocycles. The van der Waals surface area contributed by atoms with Crippen LogP contribution in [0.15, 0.2) is 36.4 Å². The van der Waals surface area contributed by atoms with Crippen molar-refractivity contribution in [2.24, 2.45) is 5.92 Å². The van der Waals surface area contributed by atoms with Crippen LogP contribution in [0.25, 0.3) is 0 Å². The Morgan fingerprint density at radius 1 is 1.25 bits per heavy atom. The molecule has 0 heterocycles. The highest BCUT2D eigenvalue weighted by atomic mass is 79.9. The van der Waals surface area contributed by atoms with Crippen LogP contribution < -0.4 is 4.74 Å². The first-order valence-corrected chi connectivity index (χ1v) is 8.22. The minimum atomic E-state index is 0.219. The van der Waals surface area contributed by atoms with Crippen LogP contribution in [0.2, 0.25) is 0 Å². The number of hydrogen-bond donors (Lipinski definition) is 0. The van der Waals surface area contributed by atoms with Crippen LogP contribution >= 0.6 is 15.9 Å². The zero-order chi connectivity index (χ0) is 14.8. The molecule has 2 nitrogen and oxygen atoms in total. The summed E-state index contributed by atoms with van der Waals surface area (Å²) in [5.41, 5.74) is 0.775. The van der Waals surface area contributed by atoms with Gasteiger partial charge in [-0.15, -0.1) is 0 Å². The summed E-state index contributed by atoms with van der Waals surface area (Å²) < 4.78 is 5.54. The van der Waals surface area contributed by atoms with Gasteiger partial charge in [-0.3, -0.25) is 4.79 Å². The molecule has 0 aliphatic rings. The second-order valence-electron chi connectivity index (χ2n) is 5.17. The molecule has 0 saturated carbocycles. The van der Waals surface area contributed by atoms with Gasteiger partial charge in [-0.2, -0.15) is 0 Å². The molecule has 1 aromatic rings. The maximum Gasteiger partial charge on any atom is 0.162 e. The number of allylic oxidation sites excluding steroid dienone is 1. The average molecular weight is 339 g/mol. The van der Waals surface area contributed by atoms with Gasteiger partial charge in [-0.25, -0.2) is 0 Å². The Labute approximate surface area is 130 Å². The van der Waals surface area contributed by atoms with E-state index in [-0.39, 0.29) is 5.78 Å². The van der Waals surface area contributed by atoms with Gasteiger partial charge in [0.25, 0.3) is 0 Å². The molecule has 0 spiro atoms. The SMILES string of the molecule is CC(C)CCCC(=O)c1ccc(OC/C=C/CBr)cc1. The average Bonchev–Trinajstić information content (AvgIpc) is 2.44. The molecule has 0 aliphatic heterocycles. The summed E-state index contributed by atoms with van der Waals surface area (Å²) in [7, 11) is 0. The molecule has 0 amide bonds. The van der Waals surface area contributed by atoms with Crippen molar-refractivity contribution in [2.45, 2.75) is 33.1 Å². The third-order valence-electron chi connectivity index (χ3n) is 2.96. The van der Waals surface area contributed by atoms with Gasteiger partial charge in [0.05, 0.1) is 0 Å². The summed E-state index contributed by atoms with van der Waals surface area (Å²) >= 11 is 3.31. The van der Waals surface area contributed by atoms with Crippen LogP contribution in [-0.4, -0.2) is 17.7 Å². The highest BCUT2D eigenvalue weighted by Gasteiger charge is 2.06. The number of ether oxygens (including phenoxy) is 1. The summed E-state index contributed by atoms with van der Waals surface area (Å²) in [6.07, 6.45) is 6.65. The van der Waals surface area contributed by atoms with Gasteiger partial charge in [0.15, 0.2) is 5.78 Å². The fraction of sp³-hybridized carbons (Fsp3) is 0.471. The van der Waals surface area contributed by atoms with Crippen molar-refractivity contribution in [1.82, 2.24) is 0 Å². The summed E-state index contributed by atoms with van der Waals surface area (Å²) in [5.74, 6) is 1.67. The lowest BCUT2D eigenvalue weighted by Gasteiger charge is -2.06. The molecule has 1 rings (SSSR count). The molecule has 0 aromatic heterocycles. The molecule has 0 N–H and O–H groups in total. The molecule has 0 saturated heterocycles. The second kappa shape index (κ2) is 9.76.